The number of hydrogen-bond acceptors (Lipinski definition) is 3. The fraction of sp³-hybridized carbons (Fsp3) is 0.250. The summed E-state index contributed by atoms with van der Waals surface area (Å²) in [5.74, 6) is 0.910. The van der Waals surface area contributed by atoms with E-state index in [2.05, 4.69) is 10.7 Å². The summed E-state index contributed by atoms with van der Waals surface area (Å²) in [5, 5.41) is 0. The number of halogens is 1. The topological polar surface area (TPSA) is 43.4 Å². The summed E-state index contributed by atoms with van der Waals surface area (Å²) in [6.45, 7) is 0. The van der Waals surface area contributed by atoms with Gasteiger partial charge in [-0.3, -0.25) is 0 Å². The van der Waals surface area contributed by atoms with Crippen molar-refractivity contribution in [2.75, 3.05) is 13.4 Å². The van der Waals surface area contributed by atoms with Crippen LogP contribution in [0.5, 0.6) is 5.75 Å². The Hall–Kier alpha value is -0.740. The minimum absolute atomic E-state index is 0.910. The molecule has 3 nitrogen and oxygen atoms in total. The Kier molecular flexibility index (Phi) is 5.50. The van der Waals surface area contributed by atoms with Crippen LogP contribution < -0.4 is 4.74 Å². The quantitative estimate of drug-likeness (QED) is 0.682. The molecule has 13 heavy (non-hydrogen) atoms. The maximum absolute atomic E-state index is 9.40. The monoisotopic (exact) mass is 222 g/mol. The molecule has 0 heterocycles. The summed E-state index contributed by atoms with van der Waals surface area (Å²) in [5.41, 5.74) is 0. The van der Waals surface area contributed by atoms with Crippen molar-refractivity contribution in [1.29, 1.82) is 0 Å². The molecule has 0 saturated heterocycles. The van der Waals surface area contributed by atoms with E-state index in [1.165, 1.54) is 0 Å². The van der Waals surface area contributed by atoms with Crippen LogP contribution in [0.4, 0.5) is 0 Å². The van der Waals surface area contributed by atoms with Crippen molar-refractivity contribution in [3.63, 3.8) is 0 Å². The summed E-state index contributed by atoms with van der Waals surface area (Å²) in [6.07, 6.45) is 0.925. The molecule has 1 aromatic carbocycles. The second kappa shape index (κ2) is 5.83. The van der Waals surface area contributed by atoms with E-state index in [4.69, 9.17) is 4.74 Å². The predicted octanol–water partition coefficient (Wildman–Crippen LogP) is 1.88. The normalized spacial score (nSPS) is 9.77. The van der Waals surface area contributed by atoms with Gasteiger partial charge in [0.15, 0.2) is 0 Å². The molecule has 0 atom stereocenters. The van der Waals surface area contributed by atoms with Crippen LogP contribution in [0.2, 0.25) is 0 Å². The molecule has 0 aliphatic carbocycles. The second-order valence-corrected chi connectivity index (χ2v) is 5.24. The summed E-state index contributed by atoms with van der Waals surface area (Å²) in [7, 11) is 2.97. The van der Waals surface area contributed by atoms with Gasteiger partial charge in [0.05, 0.1) is 13.4 Å². The Balaban J connectivity index is 0.000000252. The van der Waals surface area contributed by atoms with E-state index >= 15 is 0 Å². The lowest BCUT2D eigenvalue weighted by Crippen LogP contribution is -1.78. The summed E-state index contributed by atoms with van der Waals surface area (Å²) in [6, 6.07) is 9.68. The maximum Gasteiger partial charge on any atom is 0.229 e. The Labute approximate surface area is 82.7 Å². The van der Waals surface area contributed by atoms with Gasteiger partial charge in [-0.1, -0.05) is 18.2 Å². The van der Waals surface area contributed by atoms with Crippen molar-refractivity contribution in [3.8, 4) is 5.75 Å². The van der Waals surface area contributed by atoms with Gasteiger partial charge in [0.2, 0.25) is 9.05 Å². The molecule has 0 saturated carbocycles. The number of hydrogen-bond donors (Lipinski definition) is 0. The van der Waals surface area contributed by atoms with Crippen molar-refractivity contribution in [2.24, 2.45) is 0 Å². The molecule has 0 N–H and O–H groups in total. The average Bonchev–Trinajstić information content (AvgIpc) is 2.03. The molecule has 0 fully saturated rings. The van der Waals surface area contributed by atoms with Gasteiger partial charge in [0.25, 0.3) is 0 Å². The molecule has 0 amide bonds. The molecule has 0 spiro atoms. The minimum Gasteiger partial charge on any atom is -0.497 e. The zero-order valence-corrected chi connectivity index (χ0v) is 8.97. The lowest BCUT2D eigenvalue weighted by Gasteiger charge is -1.93. The van der Waals surface area contributed by atoms with E-state index in [1.54, 1.807) is 7.11 Å². The van der Waals surface area contributed by atoms with E-state index in [9.17, 15) is 8.42 Å². The Morgan fingerprint density at radius 2 is 1.62 bits per heavy atom. The Morgan fingerprint density at radius 3 is 1.85 bits per heavy atom. The zero-order valence-electron chi connectivity index (χ0n) is 7.40. The van der Waals surface area contributed by atoms with E-state index in [0.717, 1.165) is 12.0 Å². The van der Waals surface area contributed by atoms with E-state index in [-0.39, 0.29) is 0 Å². The standard InChI is InChI=1S/C7H8O.CH3ClO2S/c1-8-7-5-3-2-4-6-7;1-5(2,3)4/h2-6H,1H3;1H3. The molecule has 1 aromatic rings. The maximum atomic E-state index is 9.40. The van der Waals surface area contributed by atoms with Crippen LogP contribution in [0.15, 0.2) is 30.3 Å². The molecule has 1 rings (SSSR count). The van der Waals surface area contributed by atoms with Crippen LogP contribution >= 0.6 is 10.7 Å². The van der Waals surface area contributed by atoms with E-state index < -0.39 is 9.05 Å². The first-order chi connectivity index (χ1) is 5.93. The number of methoxy groups -OCH3 is 1. The summed E-state index contributed by atoms with van der Waals surface area (Å²) < 4.78 is 23.7. The Morgan fingerprint density at radius 1 is 1.23 bits per heavy atom. The predicted molar refractivity (Wildman–Crippen MR) is 53.7 cm³/mol. The van der Waals surface area contributed by atoms with E-state index in [1.807, 2.05) is 30.3 Å². The first-order valence-electron chi connectivity index (χ1n) is 3.42. The van der Waals surface area contributed by atoms with Crippen molar-refractivity contribution in [3.05, 3.63) is 30.3 Å². The van der Waals surface area contributed by atoms with Gasteiger partial charge in [0.1, 0.15) is 5.75 Å². The zero-order chi connectivity index (χ0) is 10.3. The van der Waals surface area contributed by atoms with Crippen LogP contribution in [-0.2, 0) is 9.05 Å². The first kappa shape index (κ1) is 12.3. The molecule has 0 aromatic heterocycles. The van der Waals surface area contributed by atoms with Crippen molar-refractivity contribution < 1.29 is 13.2 Å². The fourth-order valence-corrected chi connectivity index (χ4v) is 0.557. The number of benzene rings is 1. The highest BCUT2D eigenvalue weighted by Gasteiger charge is 1.83. The van der Waals surface area contributed by atoms with Gasteiger partial charge in [-0.05, 0) is 12.1 Å². The summed E-state index contributed by atoms with van der Waals surface area (Å²) >= 11 is 0. The van der Waals surface area contributed by atoms with Crippen LogP contribution in [0, 0.1) is 0 Å². The second-order valence-electron chi connectivity index (χ2n) is 2.20. The van der Waals surface area contributed by atoms with Crippen molar-refractivity contribution in [1.82, 2.24) is 0 Å². The number of ether oxygens (including phenoxy) is 1. The van der Waals surface area contributed by atoms with Gasteiger partial charge in [-0.25, -0.2) is 8.42 Å². The molecule has 0 aliphatic heterocycles. The Bertz CT molecular complexity index is 313. The largest absolute Gasteiger partial charge is 0.497 e. The van der Waals surface area contributed by atoms with Crippen molar-refractivity contribution >= 4 is 19.7 Å². The molecule has 0 bridgehead atoms. The first-order valence-corrected chi connectivity index (χ1v) is 6.14. The average molecular weight is 223 g/mol. The SMILES string of the molecule is COc1ccccc1.CS(=O)(=O)Cl. The summed E-state index contributed by atoms with van der Waals surface area (Å²) in [4.78, 5) is 0. The molecular formula is C8H11ClO3S. The molecule has 0 aliphatic rings. The third-order valence-corrected chi connectivity index (χ3v) is 0.979. The van der Waals surface area contributed by atoms with Gasteiger partial charge < -0.3 is 4.74 Å². The van der Waals surface area contributed by atoms with Crippen LogP contribution in [0.25, 0.3) is 0 Å². The highest BCUT2D eigenvalue weighted by molar-refractivity contribution is 8.13. The molecule has 0 radical (unpaired) electrons. The van der Waals surface area contributed by atoms with Crippen molar-refractivity contribution in [2.45, 2.75) is 0 Å². The minimum atomic E-state index is -3.19. The highest BCUT2D eigenvalue weighted by Crippen LogP contribution is 2.05. The molecule has 74 valence electrons. The molecular weight excluding hydrogens is 212 g/mol. The third-order valence-electron chi connectivity index (χ3n) is 0.979. The number of para-hydroxylation sites is 1. The van der Waals surface area contributed by atoms with E-state index in [0.29, 0.717) is 0 Å². The fourth-order valence-electron chi connectivity index (χ4n) is 0.557. The lowest BCUT2D eigenvalue weighted by molar-refractivity contribution is 0.415. The van der Waals surface area contributed by atoms with Crippen LogP contribution in [0.3, 0.4) is 0 Å². The number of rotatable bonds is 1. The van der Waals surface area contributed by atoms with Gasteiger partial charge in [0, 0.05) is 10.7 Å². The highest BCUT2D eigenvalue weighted by atomic mass is 35.7. The lowest BCUT2D eigenvalue weighted by atomic mass is 10.3. The van der Waals surface area contributed by atoms with Gasteiger partial charge in [-0.15, -0.1) is 0 Å². The van der Waals surface area contributed by atoms with Crippen LogP contribution in [-0.4, -0.2) is 21.8 Å². The van der Waals surface area contributed by atoms with Gasteiger partial charge >= 0.3 is 0 Å². The van der Waals surface area contributed by atoms with Crippen LogP contribution in [0.1, 0.15) is 0 Å². The molecule has 0 unspecified atom stereocenters. The molecule has 5 heteroatoms. The van der Waals surface area contributed by atoms with Gasteiger partial charge in [-0.2, -0.15) is 0 Å². The smallest absolute Gasteiger partial charge is 0.229 e. The third kappa shape index (κ3) is 11.3.